The molecule has 0 saturated carbocycles. The summed E-state index contributed by atoms with van der Waals surface area (Å²) < 4.78 is 0. The third-order valence-corrected chi connectivity index (χ3v) is 5.15. The molecule has 26 heavy (non-hydrogen) atoms. The molecule has 0 radical (unpaired) electrons. The molecular formula is C20H14O6. The average Bonchev–Trinajstić information content (AvgIpc) is 2.62. The lowest BCUT2D eigenvalue weighted by Crippen LogP contribution is -2.35. The maximum Gasteiger partial charge on any atom is 0.202 e. The van der Waals surface area contributed by atoms with E-state index in [1.807, 2.05) is 0 Å². The fourth-order valence-electron chi connectivity index (χ4n) is 3.79. The molecule has 4 N–H and O–H groups in total. The van der Waals surface area contributed by atoms with Crippen LogP contribution in [0, 0.1) is 12.3 Å². The Kier molecular flexibility index (Phi) is 3.17. The Labute approximate surface area is 148 Å². The predicted octanol–water partition coefficient (Wildman–Crippen LogP) is 1.43. The number of phenolic OH excluding ortho intramolecular Hbond substituents is 3. The van der Waals surface area contributed by atoms with Crippen LogP contribution < -0.4 is 0 Å². The van der Waals surface area contributed by atoms with Crippen LogP contribution >= 0.6 is 0 Å². The Morgan fingerprint density at radius 1 is 0.962 bits per heavy atom. The normalized spacial score (nSPS) is 20.8. The van der Waals surface area contributed by atoms with Crippen LogP contribution in [-0.4, -0.2) is 37.6 Å². The van der Waals surface area contributed by atoms with Crippen molar-refractivity contribution < 1.29 is 30.0 Å². The zero-order chi connectivity index (χ0) is 18.8. The van der Waals surface area contributed by atoms with Gasteiger partial charge in [-0.15, -0.1) is 6.42 Å². The van der Waals surface area contributed by atoms with E-state index >= 15 is 0 Å². The zero-order valence-corrected chi connectivity index (χ0v) is 13.5. The highest BCUT2D eigenvalue weighted by Gasteiger charge is 2.42. The second kappa shape index (κ2) is 5.10. The van der Waals surface area contributed by atoms with Gasteiger partial charge in [0.05, 0.1) is 16.7 Å². The van der Waals surface area contributed by atoms with Crippen molar-refractivity contribution >= 4 is 11.6 Å². The first kappa shape index (κ1) is 16.2. The van der Waals surface area contributed by atoms with E-state index in [1.165, 1.54) is 18.2 Å². The van der Waals surface area contributed by atoms with E-state index in [2.05, 4.69) is 5.92 Å². The van der Waals surface area contributed by atoms with Crippen molar-refractivity contribution in [3.8, 4) is 29.6 Å². The van der Waals surface area contributed by atoms with Gasteiger partial charge in [0, 0.05) is 23.1 Å². The van der Waals surface area contributed by atoms with Gasteiger partial charge in [0.2, 0.25) is 5.78 Å². The molecule has 1 atom stereocenters. The van der Waals surface area contributed by atoms with Crippen molar-refractivity contribution in [1.82, 2.24) is 0 Å². The van der Waals surface area contributed by atoms with Gasteiger partial charge >= 0.3 is 0 Å². The molecule has 1 unspecified atom stereocenters. The summed E-state index contributed by atoms with van der Waals surface area (Å²) in [4.78, 5) is 25.7. The van der Waals surface area contributed by atoms with Crippen molar-refractivity contribution in [2.75, 3.05) is 0 Å². The molecule has 0 spiro atoms. The number of rotatable bonds is 0. The second-order valence-electron chi connectivity index (χ2n) is 6.61. The summed E-state index contributed by atoms with van der Waals surface area (Å²) in [5.74, 6) is -0.403. The van der Waals surface area contributed by atoms with Crippen molar-refractivity contribution in [2.24, 2.45) is 0 Å². The molecule has 0 amide bonds. The van der Waals surface area contributed by atoms with Crippen LogP contribution in [0.5, 0.6) is 17.2 Å². The van der Waals surface area contributed by atoms with Crippen molar-refractivity contribution in [2.45, 2.75) is 24.9 Å². The van der Waals surface area contributed by atoms with Gasteiger partial charge in [-0.1, -0.05) is 18.1 Å². The molecule has 2 aliphatic rings. The van der Waals surface area contributed by atoms with E-state index in [0.717, 1.165) is 0 Å². The maximum absolute atomic E-state index is 12.9. The summed E-state index contributed by atoms with van der Waals surface area (Å²) in [5.41, 5.74) is -1.96. The Balaban J connectivity index is 2.04. The number of carbonyl (C=O) groups excluding carboxylic acids is 2. The van der Waals surface area contributed by atoms with E-state index in [9.17, 15) is 30.0 Å². The van der Waals surface area contributed by atoms with Crippen LogP contribution in [0.25, 0.3) is 0 Å². The largest absolute Gasteiger partial charge is 0.507 e. The number of fused-ring (bicyclic) bond motifs is 3. The van der Waals surface area contributed by atoms with Gasteiger partial charge in [0.15, 0.2) is 5.78 Å². The number of hydrogen-bond donors (Lipinski definition) is 4. The van der Waals surface area contributed by atoms with Crippen LogP contribution in [-0.2, 0) is 12.8 Å². The maximum atomic E-state index is 12.9. The van der Waals surface area contributed by atoms with E-state index in [0.29, 0.717) is 0 Å². The third kappa shape index (κ3) is 1.92. The van der Waals surface area contributed by atoms with E-state index in [4.69, 9.17) is 6.42 Å². The summed E-state index contributed by atoms with van der Waals surface area (Å²) >= 11 is 0. The molecule has 6 nitrogen and oxygen atoms in total. The highest BCUT2D eigenvalue weighted by molar-refractivity contribution is 6.31. The zero-order valence-electron chi connectivity index (χ0n) is 13.5. The molecule has 0 bridgehead atoms. The van der Waals surface area contributed by atoms with Crippen LogP contribution in [0.15, 0.2) is 18.2 Å². The first-order valence-electron chi connectivity index (χ1n) is 8.00. The van der Waals surface area contributed by atoms with Gasteiger partial charge in [-0.2, -0.15) is 0 Å². The lowest BCUT2D eigenvalue weighted by Gasteiger charge is -2.32. The number of hydrogen-bond acceptors (Lipinski definition) is 6. The lowest BCUT2D eigenvalue weighted by atomic mass is 9.74. The Hall–Kier alpha value is -3.30. The van der Waals surface area contributed by atoms with Crippen molar-refractivity contribution in [3.05, 3.63) is 51.6 Å². The number of ketones is 2. The molecule has 0 saturated heterocycles. The molecule has 0 aromatic heterocycles. The molecule has 2 aliphatic carbocycles. The smallest absolute Gasteiger partial charge is 0.202 e. The standard InChI is InChI=1S/C20H14O6/c1-2-20(26)7-6-9-11(8-20)18(24)14-15(16(9)22)19(25)13-10(17(14)23)4-3-5-12(13)21/h1,3-5,21-22,24,26H,6-8H2. The van der Waals surface area contributed by atoms with E-state index in [-0.39, 0.29) is 58.4 Å². The number of carbonyl (C=O) groups is 2. The SMILES string of the molecule is C#CC1(O)CCc2c(O)c3c(c(O)c2C1)C(=O)c1cccc(O)c1C3=O. The molecule has 0 fully saturated rings. The first-order chi connectivity index (χ1) is 12.3. The van der Waals surface area contributed by atoms with Crippen molar-refractivity contribution in [3.63, 3.8) is 0 Å². The Bertz CT molecular complexity index is 1060. The lowest BCUT2D eigenvalue weighted by molar-refractivity contribution is 0.0845. The molecule has 130 valence electrons. The minimum atomic E-state index is -1.50. The first-order valence-corrected chi connectivity index (χ1v) is 8.00. The molecule has 0 aliphatic heterocycles. The fourth-order valence-corrected chi connectivity index (χ4v) is 3.79. The van der Waals surface area contributed by atoms with E-state index < -0.39 is 28.7 Å². The van der Waals surface area contributed by atoms with Crippen LogP contribution in [0.4, 0.5) is 0 Å². The third-order valence-electron chi connectivity index (χ3n) is 5.15. The molecule has 6 heteroatoms. The van der Waals surface area contributed by atoms with Crippen LogP contribution in [0.3, 0.4) is 0 Å². The van der Waals surface area contributed by atoms with Crippen LogP contribution in [0.2, 0.25) is 0 Å². The molecular weight excluding hydrogens is 336 g/mol. The summed E-state index contributed by atoms with van der Waals surface area (Å²) in [5, 5.41) is 41.7. The summed E-state index contributed by atoms with van der Waals surface area (Å²) in [7, 11) is 0. The Morgan fingerprint density at radius 3 is 2.31 bits per heavy atom. The van der Waals surface area contributed by atoms with Crippen molar-refractivity contribution in [1.29, 1.82) is 0 Å². The summed E-state index contributed by atoms with van der Waals surface area (Å²) in [6.45, 7) is 0. The average molecular weight is 350 g/mol. The number of terminal acetylenes is 1. The highest BCUT2D eigenvalue weighted by Crippen LogP contribution is 2.47. The molecule has 0 heterocycles. The second-order valence-corrected chi connectivity index (χ2v) is 6.61. The summed E-state index contributed by atoms with van der Waals surface area (Å²) in [6, 6.07) is 4.06. The predicted molar refractivity (Wildman–Crippen MR) is 90.6 cm³/mol. The number of phenols is 3. The van der Waals surface area contributed by atoms with Gasteiger partial charge in [-0.25, -0.2) is 0 Å². The minimum absolute atomic E-state index is 0.0554. The summed E-state index contributed by atoms with van der Waals surface area (Å²) in [6.07, 6.45) is 5.50. The Morgan fingerprint density at radius 2 is 1.62 bits per heavy atom. The highest BCUT2D eigenvalue weighted by atomic mass is 16.3. The number of benzene rings is 2. The molecule has 4 rings (SSSR count). The van der Waals surface area contributed by atoms with Gasteiger partial charge < -0.3 is 20.4 Å². The quantitative estimate of drug-likeness (QED) is 0.360. The molecule has 2 aromatic carbocycles. The van der Waals surface area contributed by atoms with Crippen LogP contribution in [0.1, 0.15) is 49.4 Å². The minimum Gasteiger partial charge on any atom is -0.507 e. The van der Waals surface area contributed by atoms with Gasteiger partial charge in [-0.05, 0) is 18.9 Å². The molecule has 2 aromatic rings. The van der Waals surface area contributed by atoms with Gasteiger partial charge in [0.25, 0.3) is 0 Å². The topological polar surface area (TPSA) is 115 Å². The number of aromatic hydroxyl groups is 3. The number of aliphatic hydroxyl groups is 1. The fraction of sp³-hybridized carbons (Fsp3) is 0.200. The van der Waals surface area contributed by atoms with E-state index in [1.54, 1.807) is 0 Å². The monoisotopic (exact) mass is 350 g/mol. The van der Waals surface area contributed by atoms with Gasteiger partial charge in [-0.3, -0.25) is 9.59 Å². The van der Waals surface area contributed by atoms with Gasteiger partial charge in [0.1, 0.15) is 22.8 Å².